The monoisotopic (exact) mass is 376 g/mol. The standard InChI is InChI=1S/C15H20O11/c1-7(17)21-5-11-12(22-6-16)13(23-8(2)18)14(24-9(3)19)15(26-11)25-10(4)20/h6,11-15H,5H2,1-4H3. The number of hydrogen-bond acceptors (Lipinski definition) is 11. The molecule has 0 aromatic rings. The molecule has 1 fully saturated rings. The van der Waals surface area contributed by atoms with Crippen molar-refractivity contribution in [1.29, 1.82) is 0 Å². The molecular formula is C15H20O11. The van der Waals surface area contributed by atoms with Crippen LogP contribution in [0.3, 0.4) is 0 Å². The summed E-state index contributed by atoms with van der Waals surface area (Å²) in [5.41, 5.74) is 0. The van der Waals surface area contributed by atoms with Gasteiger partial charge in [0.1, 0.15) is 12.7 Å². The molecule has 0 saturated carbocycles. The zero-order valence-corrected chi connectivity index (χ0v) is 14.7. The van der Waals surface area contributed by atoms with Gasteiger partial charge in [0.25, 0.3) is 6.47 Å². The minimum atomic E-state index is -1.48. The second-order valence-corrected chi connectivity index (χ2v) is 5.30. The molecule has 5 unspecified atom stereocenters. The first kappa shape index (κ1) is 21.4. The molecular weight excluding hydrogens is 356 g/mol. The van der Waals surface area contributed by atoms with E-state index in [-0.39, 0.29) is 6.47 Å². The molecule has 5 atom stereocenters. The molecule has 146 valence electrons. The minimum absolute atomic E-state index is 0.0717. The van der Waals surface area contributed by atoms with Crippen LogP contribution in [0.2, 0.25) is 0 Å². The molecule has 1 aliphatic rings. The number of rotatable bonds is 7. The summed E-state index contributed by atoms with van der Waals surface area (Å²) < 4.78 is 30.3. The molecule has 0 spiro atoms. The van der Waals surface area contributed by atoms with Gasteiger partial charge >= 0.3 is 23.9 Å². The lowest BCUT2D eigenvalue weighted by molar-refractivity contribution is -0.298. The van der Waals surface area contributed by atoms with Crippen molar-refractivity contribution >= 4 is 30.3 Å². The lowest BCUT2D eigenvalue weighted by Crippen LogP contribution is -2.62. The Morgan fingerprint density at radius 2 is 1.35 bits per heavy atom. The zero-order valence-electron chi connectivity index (χ0n) is 14.7. The number of carbonyl (C=O) groups is 5. The van der Waals surface area contributed by atoms with Gasteiger partial charge in [0.2, 0.25) is 12.4 Å². The lowest BCUT2D eigenvalue weighted by Gasteiger charge is -2.43. The van der Waals surface area contributed by atoms with Crippen LogP contribution in [0.15, 0.2) is 0 Å². The Morgan fingerprint density at radius 1 is 0.808 bits per heavy atom. The van der Waals surface area contributed by atoms with Crippen LogP contribution < -0.4 is 0 Å². The summed E-state index contributed by atoms with van der Waals surface area (Å²) in [6, 6.07) is 0. The molecule has 1 heterocycles. The van der Waals surface area contributed by atoms with Crippen molar-refractivity contribution in [3.63, 3.8) is 0 Å². The molecule has 1 saturated heterocycles. The smallest absolute Gasteiger partial charge is 0.305 e. The Morgan fingerprint density at radius 3 is 1.81 bits per heavy atom. The highest BCUT2D eigenvalue weighted by Crippen LogP contribution is 2.29. The third-order valence-electron chi connectivity index (χ3n) is 3.14. The molecule has 0 aromatic heterocycles. The van der Waals surface area contributed by atoms with Crippen molar-refractivity contribution < 1.29 is 52.4 Å². The van der Waals surface area contributed by atoms with Crippen LogP contribution in [0.1, 0.15) is 27.7 Å². The molecule has 0 aromatic carbocycles. The van der Waals surface area contributed by atoms with Crippen molar-refractivity contribution in [2.24, 2.45) is 0 Å². The lowest BCUT2D eigenvalue weighted by atomic mass is 9.98. The Hall–Kier alpha value is -2.69. The summed E-state index contributed by atoms with van der Waals surface area (Å²) in [5.74, 6) is -2.97. The van der Waals surface area contributed by atoms with Crippen molar-refractivity contribution in [3.8, 4) is 0 Å². The highest BCUT2D eigenvalue weighted by molar-refractivity contribution is 5.68. The van der Waals surface area contributed by atoms with Gasteiger partial charge in [-0.1, -0.05) is 0 Å². The van der Waals surface area contributed by atoms with Crippen LogP contribution in [0.5, 0.6) is 0 Å². The Labute approximate surface area is 148 Å². The number of esters is 4. The zero-order chi connectivity index (χ0) is 19.9. The van der Waals surface area contributed by atoms with E-state index < -0.39 is 61.2 Å². The van der Waals surface area contributed by atoms with Gasteiger partial charge in [0.05, 0.1) is 0 Å². The first-order valence-electron chi connectivity index (χ1n) is 7.55. The highest BCUT2D eigenvalue weighted by atomic mass is 16.7. The summed E-state index contributed by atoms with van der Waals surface area (Å²) >= 11 is 0. The van der Waals surface area contributed by atoms with Crippen LogP contribution in [-0.4, -0.2) is 67.7 Å². The van der Waals surface area contributed by atoms with Crippen LogP contribution in [0.4, 0.5) is 0 Å². The number of carbonyl (C=O) groups excluding carboxylic acids is 5. The molecule has 0 radical (unpaired) electrons. The van der Waals surface area contributed by atoms with E-state index in [1.54, 1.807) is 0 Å². The van der Waals surface area contributed by atoms with E-state index in [4.69, 9.17) is 28.4 Å². The van der Waals surface area contributed by atoms with Gasteiger partial charge in [-0.15, -0.1) is 0 Å². The average Bonchev–Trinajstić information content (AvgIpc) is 2.50. The molecule has 11 nitrogen and oxygen atoms in total. The quantitative estimate of drug-likeness (QED) is 0.314. The predicted molar refractivity (Wildman–Crippen MR) is 79.1 cm³/mol. The van der Waals surface area contributed by atoms with Gasteiger partial charge in [-0.05, 0) is 0 Å². The summed E-state index contributed by atoms with van der Waals surface area (Å²) in [6.45, 7) is 4.08. The third-order valence-corrected chi connectivity index (χ3v) is 3.14. The molecule has 0 bridgehead atoms. The number of hydrogen-bond donors (Lipinski definition) is 0. The largest absolute Gasteiger partial charge is 0.463 e. The van der Waals surface area contributed by atoms with Gasteiger partial charge in [0, 0.05) is 27.7 Å². The molecule has 11 heteroatoms. The fraction of sp³-hybridized carbons (Fsp3) is 0.667. The van der Waals surface area contributed by atoms with Gasteiger partial charge in [-0.2, -0.15) is 0 Å². The maximum atomic E-state index is 11.5. The van der Waals surface area contributed by atoms with E-state index in [2.05, 4.69) is 0 Å². The maximum absolute atomic E-state index is 11.5. The van der Waals surface area contributed by atoms with E-state index in [0.717, 1.165) is 27.7 Å². The molecule has 0 N–H and O–H groups in total. The van der Waals surface area contributed by atoms with E-state index in [1.807, 2.05) is 0 Å². The second kappa shape index (κ2) is 9.70. The van der Waals surface area contributed by atoms with Gasteiger partial charge in [0.15, 0.2) is 12.2 Å². The average molecular weight is 376 g/mol. The topological polar surface area (TPSA) is 141 Å². The van der Waals surface area contributed by atoms with Crippen molar-refractivity contribution in [3.05, 3.63) is 0 Å². The molecule has 1 aliphatic heterocycles. The van der Waals surface area contributed by atoms with E-state index >= 15 is 0 Å². The number of ether oxygens (including phenoxy) is 6. The summed E-state index contributed by atoms with van der Waals surface area (Å²) in [7, 11) is 0. The fourth-order valence-corrected chi connectivity index (χ4v) is 2.34. The van der Waals surface area contributed by atoms with Gasteiger partial charge < -0.3 is 28.4 Å². The maximum Gasteiger partial charge on any atom is 0.305 e. The van der Waals surface area contributed by atoms with Gasteiger partial charge in [-0.3, -0.25) is 24.0 Å². The Balaban J connectivity index is 3.23. The normalized spacial score (nSPS) is 27.6. The van der Waals surface area contributed by atoms with Crippen LogP contribution in [-0.2, 0) is 52.4 Å². The predicted octanol–water partition coefficient (Wildman–Crippen LogP) is -0.757. The molecule has 0 aliphatic carbocycles. The summed E-state index contributed by atoms with van der Waals surface area (Å²) in [6.07, 6.45) is -6.68. The van der Waals surface area contributed by atoms with Crippen LogP contribution >= 0.6 is 0 Å². The van der Waals surface area contributed by atoms with Gasteiger partial charge in [-0.25, -0.2) is 0 Å². The van der Waals surface area contributed by atoms with Crippen molar-refractivity contribution in [1.82, 2.24) is 0 Å². The van der Waals surface area contributed by atoms with E-state index in [0.29, 0.717) is 0 Å². The first-order valence-corrected chi connectivity index (χ1v) is 7.55. The first-order chi connectivity index (χ1) is 12.1. The van der Waals surface area contributed by atoms with Crippen LogP contribution in [0.25, 0.3) is 0 Å². The minimum Gasteiger partial charge on any atom is -0.463 e. The second-order valence-electron chi connectivity index (χ2n) is 5.30. The Kier molecular flexibility index (Phi) is 7.97. The third kappa shape index (κ3) is 6.31. The Bertz CT molecular complexity index is 558. The molecule has 26 heavy (non-hydrogen) atoms. The van der Waals surface area contributed by atoms with Crippen LogP contribution in [0, 0.1) is 0 Å². The van der Waals surface area contributed by atoms with Crippen molar-refractivity contribution in [2.45, 2.75) is 58.4 Å². The van der Waals surface area contributed by atoms with E-state index in [1.165, 1.54) is 0 Å². The summed E-state index contributed by atoms with van der Waals surface area (Å²) in [5, 5.41) is 0. The summed E-state index contributed by atoms with van der Waals surface area (Å²) in [4.78, 5) is 56.1. The van der Waals surface area contributed by atoms with Crippen molar-refractivity contribution in [2.75, 3.05) is 6.61 Å². The van der Waals surface area contributed by atoms with E-state index in [9.17, 15) is 24.0 Å². The SMILES string of the molecule is CC(=O)OCC1OC(OC(C)=O)C(OC(C)=O)C(OC(C)=O)C1OC=O. The highest BCUT2D eigenvalue weighted by Gasteiger charge is 2.53. The molecule has 0 amide bonds. The fourth-order valence-electron chi connectivity index (χ4n) is 2.34. The molecule has 1 rings (SSSR count).